The molecule has 0 nitrogen and oxygen atoms in total. The summed E-state index contributed by atoms with van der Waals surface area (Å²) in [6, 6.07) is 0. The first-order valence-corrected chi connectivity index (χ1v) is 18.4. The van der Waals surface area contributed by atoms with Crippen molar-refractivity contribution in [1.29, 1.82) is 0 Å². The molecular formula is C51H101Ir3-. The molecule has 54 heavy (non-hydrogen) atoms. The Kier molecular flexibility index (Phi) is 142. The minimum Gasteiger partial charge on any atom is -0.358 e. The van der Waals surface area contributed by atoms with Gasteiger partial charge in [0.1, 0.15) is 0 Å². The van der Waals surface area contributed by atoms with E-state index < -0.39 is 0 Å². The average molecular weight is 1290 g/mol. The minimum atomic E-state index is 0. The summed E-state index contributed by atoms with van der Waals surface area (Å²) in [5.41, 5.74) is 3.66. The first kappa shape index (κ1) is 94.7. The van der Waals surface area contributed by atoms with Crippen molar-refractivity contribution in [1.82, 2.24) is 0 Å². The van der Waals surface area contributed by atoms with Gasteiger partial charge in [-0.3, -0.25) is 0 Å². The molecule has 0 amide bonds. The molecule has 0 spiro atoms. The van der Waals surface area contributed by atoms with E-state index in [1.165, 1.54) is 81.8 Å². The van der Waals surface area contributed by atoms with Gasteiger partial charge < -0.3 is 51.0 Å². The van der Waals surface area contributed by atoms with Gasteiger partial charge in [-0.25, -0.2) is 0 Å². The van der Waals surface area contributed by atoms with Crippen molar-refractivity contribution < 1.29 is 60.3 Å². The number of hydrogen-bond donors (Lipinski definition) is 0. The van der Waals surface area contributed by atoms with E-state index in [0.717, 1.165) is 24.7 Å². The summed E-state index contributed by atoms with van der Waals surface area (Å²) >= 11 is 0. The molecule has 0 aromatic carbocycles. The predicted molar refractivity (Wildman–Crippen MR) is 256 cm³/mol. The van der Waals surface area contributed by atoms with Gasteiger partial charge in [-0.2, -0.15) is 13.8 Å². The molecule has 0 aromatic heterocycles. The molecule has 1 unspecified atom stereocenters. The Bertz CT molecular complexity index is 693. The van der Waals surface area contributed by atoms with Crippen LogP contribution in [0.2, 0.25) is 0 Å². The fraction of sp³-hybridized carbons (Fsp3) is 0.549. The maximum Gasteiger partial charge on any atom is 3.00 e. The Morgan fingerprint density at radius 3 is 1.09 bits per heavy atom. The van der Waals surface area contributed by atoms with Crippen LogP contribution in [0.3, 0.4) is 0 Å². The van der Waals surface area contributed by atoms with Crippen molar-refractivity contribution in [2.75, 3.05) is 0 Å². The Balaban J connectivity index is -0.0000000281. The van der Waals surface area contributed by atoms with E-state index in [4.69, 9.17) is 0 Å². The second-order valence-electron chi connectivity index (χ2n) is 12.4. The van der Waals surface area contributed by atoms with Crippen LogP contribution in [0.1, 0.15) is 167 Å². The van der Waals surface area contributed by atoms with E-state index in [1.54, 1.807) is 24.3 Å². The van der Waals surface area contributed by atoms with Crippen LogP contribution < -0.4 is 0 Å². The zero-order valence-electron chi connectivity index (χ0n) is 40.0. The Hall–Kier alpha value is -0.132. The maximum absolute atomic E-state index is 3.36. The molecule has 4 rings (SSSR count). The van der Waals surface area contributed by atoms with Crippen LogP contribution in [0.15, 0.2) is 98.2 Å². The Morgan fingerprint density at radius 2 is 0.963 bits per heavy atom. The number of rotatable bonds is 3. The van der Waals surface area contributed by atoms with Crippen LogP contribution in [0, 0.1) is 68.2 Å². The second kappa shape index (κ2) is 81.1. The molecule has 0 aliphatic heterocycles. The smallest absolute Gasteiger partial charge is 0.358 e. The van der Waals surface area contributed by atoms with Gasteiger partial charge in [0.05, 0.1) is 0 Å². The number of allylic oxidation sites excluding steroid dienone is 12. The van der Waals surface area contributed by atoms with Crippen LogP contribution in [0.5, 0.6) is 0 Å². The Labute approximate surface area is 390 Å². The topological polar surface area (TPSA) is 0 Å². The van der Waals surface area contributed by atoms with E-state index in [9.17, 15) is 0 Å². The molecule has 2 fully saturated rings. The van der Waals surface area contributed by atoms with E-state index in [2.05, 4.69) is 104 Å². The standard InChI is InChI=1S/C9H18.2C7H10.C7H14.2C4H6.C3H7.2C2H6.6CH3.3Ir/c1-8-5-4-6-9(2,3)7-8;2*1-7-5-3-2-4-6-7;1-2-7-5-3-4-6-7;2*1-3-4-2;1-3-2;2*1-2;;;;;;;;;/h8H,4-7H2,1-3H3;2*2-3,6H,4-5H2,1H3;7H,2-6H2,1H3;2*3-4H,1-2H2;3H,1-2H3;2*1-2H3;6*1H3;;;/q;;;;;;-1;;;6*-1;;2*+3. The van der Waals surface area contributed by atoms with Gasteiger partial charge >= 0.3 is 40.2 Å². The molecule has 0 N–H and O–H groups in total. The molecule has 4 aliphatic carbocycles. The minimum absolute atomic E-state index is 0. The number of hydrogen-bond acceptors (Lipinski definition) is 0. The molecule has 0 saturated heterocycles. The maximum atomic E-state index is 3.36. The van der Waals surface area contributed by atoms with Crippen molar-refractivity contribution in [2.24, 2.45) is 17.3 Å². The van der Waals surface area contributed by atoms with Crippen LogP contribution in [-0.4, -0.2) is 0 Å². The van der Waals surface area contributed by atoms with Crippen molar-refractivity contribution >= 4 is 0 Å². The van der Waals surface area contributed by atoms with E-state index >= 15 is 0 Å². The molecule has 0 heterocycles. The van der Waals surface area contributed by atoms with Gasteiger partial charge in [0.15, 0.2) is 0 Å². The van der Waals surface area contributed by atoms with E-state index in [0.29, 0.717) is 5.41 Å². The van der Waals surface area contributed by atoms with Crippen molar-refractivity contribution in [3.8, 4) is 0 Å². The molecule has 3 heteroatoms. The summed E-state index contributed by atoms with van der Waals surface area (Å²) < 4.78 is 0. The average Bonchev–Trinajstić information content (AvgIpc) is 3.59. The third-order valence-corrected chi connectivity index (χ3v) is 7.25. The third kappa shape index (κ3) is 88.8. The first-order valence-electron chi connectivity index (χ1n) is 18.4. The van der Waals surface area contributed by atoms with Gasteiger partial charge in [-0.1, -0.05) is 199 Å². The fourth-order valence-electron chi connectivity index (χ4n) is 4.93. The van der Waals surface area contributed by atoms with Crippen LogP contribution in [0.4, 0.5) is 0 Å². The van der Waals surface area contributed by atoms with Gasteiger partial charge in [0.25, 0.3) is 0 Å². The summed E-state index contributed by atoms with van der Waals surface area (Å²) in [5.74, 6) is 2.08. The normalized spacial score (nSPS) is 15.1. The van der Waals surface area contributed by atoms with Crippen molar-refractivity contribution in [2.45, 2.75) is 167 Å². The molecule has 1 atom stereocenters. The summed E-state index contributed by atoms with van der Waals surface area (Å²) in [4.78, 5) is 0. The summed E-state index contributed by atoms with van der Waals surface area (Å²) in [6.45, 7) is 39.2. The summed E-state index contributed by atoms with van der Waals surface area (Å²) in [6.07, 6.45) is 39.8. The third-order valence-electron chi connectivity index (χ3n) is 7.25. The van der Waals surface area contributed by atoms with Gasteiger partial charge in [0, 0.05) is 20.1 Å². The Morgan fingerprint density at radius 1 is 0.648 bits per heavy atom. The first-order chi connectivity index (χ1) is 21.6. The molecular weight excluding hydrogens is 1190 g/mol. The van der Waals surface area contributed by atoms with Gasteiger partial charge in [-0.05, 0) is 69.6 Å². The SMILES string of the molecule is C=CC=C.C=CC=C.CC.CC.CC1=CCC=CC1.CC1=CCC=CC1.CC1CCCC(C)(C)C1.CCC1CCCC1.C[CH-]C.[CH3-].[CH3-].[CH3-].[CH3-].[CH3-].[CH3-].[Ir+3].[Ir+3].[Ir]. The van der Waals surface area contributed by atoms with E-state index in [1.807, 2.05) is 48.0 Å². The monoisotopic (exact) mass is 1290 g/mol. The van der Waals surface area contributed by atoms with Crippen LogP contribution in [0.25, 0.3) is 0 Å². The molecule has 4 aliphatic rings. The van der Waals surface area contributed by atoms with Gasteiger partial charge in [-0.15, -0.1) is 0 Å². The van der Waals surface area contributed by atoms with Crippen LogP contribution >= 0.6 is 0 Å². The molecule has 333 valence electrons. The second-order valence-corrected chi connectivity index (χ2v) is 12.4. The zero-order chi connectivity index (χ0) is 35.8. The fourth-order valence-corrected chi connectivity index (χ4v) is 4.93. The van der Waals surface area contributed by atoms with Crippen LogP contribution in [-0.2, 0) is 60.3 Å². The van der Waals surface area contributed by atoms with Crippen molar-refractivity contribution in [3.05, 3.63) is 149 Å². The largest absolute Gasteiger partial charge is 3.00 e. The molecule has 0 aromatic rings. The quantitative estimate of drug-likeness (QED) is 0.150. The van der Waals surface area contributed by atoms with Crippen molar-refractivity contribution in [3.63, 3.8) is 0 Å². The molecule has 1 radical (unpaired) electrons. The van der Waals surface area contributed by atoms with Gasteiger partial charge in [0.2, 0.25) is 0 Å². The summed E-state index contributed by atoms with van der Waals surface area (Å²) in [5, 5.41) is 0. The molecule has 0 bridgehead atoms. The zero-order valence-corrected chi connectivity index (χ0v) is 47.2. The molecule has 2 saturated carbocycles. The van der Waals surface area contributed by atoms with E-state index in [-0.39, 0.29) is 105 Å². The summed E-state index contributed by atoms with van der Waals surface area (Å²) in [7, 11) is 0. The predicted octanol–water partition coefficient (Wildman–Crippen LogP) is 19.1.